The molecule has 0 fully saturated rings. The van der Waals surface area contributed by atoms with Gasteiger partial charge in [0.25, 0.3) is 0 Å². The van der Waals surface area contributed by atoms with Crippen molar-refractivity contribution < 1.29 is 9.47 Å². The molecule has 4 heteroatoms. The van der Waals surface area contributed by atoms with Crippen molar-refractivity contribution in [3.63, 3.8) is 0 Å². The molecule has 1 atom stereocenters. The quantitative estimate of drug-likeness (QED) is 0.844. The first-order valence-electron chi connectivity index (χ1n) is 5.99. The summed E-state index contributed by atoms with van der Waals surface area (Å²) in [7, 11) is 3.57. The number of fused-ring (bicyclic) bond motifs is 1. The third kappa shape index (κ3) is 2.97. The molecule has 0 saturated carbocycles. The smallest absolute Gasteiger partial charge is 0.146 e. The van der Waals surface area contributed by atoms with E-state index >= 15 is 0 Å². The van der Waals surface area contributed by atoms with E-state index in [2.05, 4.69) is 10.3 Å². The minimum atomic E-state index is -0.0207. The van der Waals surface area contributed by atoms with Gasteiger partial charge in [0, 0.05) is 25.2 Å². The van der Waals surface area contributed by atoms with Crippen molar-refractivity contribution >= 4 is 10.9 Å². The summed E-state index contributed by atoms with van der Waals surface area (Å²) in [4.78, 5) is 4.37. The molecule has 4 nitrogen and oxygen atoms in total. The van der Waals surface area contributed by atoms with E-state index < -0.39 is 0 Å². The van der Waals surface area contributed by atoms with Gasteiger partial charge in [0.05, 0.1) is 6.61 Å². The second-order valence-corrected chi connectivity index (χ2v) is 4.08. The zero-order valence-corrected chi connectivity index (χ0v) is 10.7. The summed E-state index contributed by atoms with van der Waals surface area (Å²) in [6.07, 6.45) is 1.76. The maximum Gasteiger partial charge on any atom is 0.146 e. The topological polar surface area (TPSA) is 43.4 Å². The maximum absolute atomic E-state index is 5.96. The largest absolute Gasteiger partial charge is 0.484 e. The normalized spacial score (nSPS) is 12.6. The van der Waals surface area contributed by atoms with E-state index in [1.54, 1.807) is 13.3 Å². The zero-order valence-electron chi connectivity index (χ0n) is 10.7. The molecule has 1 unspecified atom stereocenters. The average molecular weight is 246 g/mol. The Labute approximate surface area is 107 Å². The summed E-state index contributed by atoms with van der Waals surface area (Å²) >= 11 is 0. The Balaban J connectivity index is 2.24. The first kappa shape index (κ1) is 12.8. The molecule has 1 aromatic carbocycles. The summed E-state index contributed by atoms with van der Waals surface area (Å²) in [5.74, 6) is 0.797. The van der Waals surface area contributed by atoms with Crippen molar-refractivity contribution in [2.45, 2.75) is 6.10 Å². The van der Waals surface area contributed by atoms with Gasteiger partial charge in [-0.1, -0.05) is 18.2 Å². The predicted molar refractivity (Wildman–Crippen MR) is 72.0 cm³/mol. The molecule has 0 aliphatic heterocycles. The van der Waals surface area contributed by atoms with Crippen molar-refractivity contribution in [2.75, 3.05) is 27.3 Å². The van der Waals surface area contributed by atoms with Gasteiger partial charge in [-0.25, -0.2) is 0 Å². The summed E-state index contributed by atoms with van der Waals surface area (Å²) in [6, 6.07) is 9.89. The number of nitrogens with zero attached hydrogens (tertiary/aromatic N) is 1. The first-order valence-corrected chi connectivity index (χ1v) is 5.99. The summed E-state index contributed by atoms with van der Waals surface area (Å²) in [6.45, 7) is 1.28. The first-order chi connectivity index (χ1) is 8.85. The molecule has 2 rings (SSSR count). The Hall–Kier alpha value is -1.65. The molecular weight excluding hydrogens is 228 g/mol. The van der Waals surface area contributed by atoms with Gasteiger partial charge in [0.2, 0.25) is 0 Å². The number of aromatic nitrogens is 1. The number of ether oxygens (including phenoxy) is 2. The van der Waals surface area contributed by atoms with Gasteiger partial charge in [0.15, 0.2) is 0 Å². The third-order valence-corrected chi connectivity index (χ3v) is 2.67. The van der Waals surface area contributed by atoms with Gasteiger partial charge in [-0.2, -0.15) is 0 Å². The fraction of sp³-hybridized carbons (Fsp3) is 0.357. The van der Waals surface area contributed by atoms with E-state index in [-0.39, 0.29) is 6.10 Å². The summed E-state index contributed by atoms with van der Waals surface area (Å²) in [5, 5.41) is 4.17. The van der Waals surface area contributed by atoms with Crippen LogP contribution < -0.4 is 10.1 Å². The highest BCUT2D eigenvalue weighted by Gasteiger charge is 2.11. The molecule has 0 saturated heterocycles. The molecule has 0 spiro atoms. The van der Waals surface area contributed by atoms with Crippen molar-refractivity contribution in [3.8, 4) is 5.75 Å². The molecule has 0 amide bonds. The summed E-state index contributed by atoms with van der Waals surface area (Å²) in [5.41, 5.74) is 0.886. The second kappa shape index (κ2) is 6.33. The Bertz CT molecular complexity index is 491. The van der Waals surface area contributed by atoms with Crippen molar-refractivity contribution in [1.82, 2.24) is 10.3 Å². The van der Waals surface area contributed by atoms with Gasteiger partial charge in [-0.3, -0.25) is 4.98 Å². The molecule has 1 N–H and O–H groups in total. The Morgan fingerprint density at radius 1 is 1.28 bits per heavy atom. The number of pyridine rings is 1. The van der Waals surface area contributed by atoms with Crippen LogP contribution >= 0.6 is 0 Å². The fourth-order valence-corrected chi connectivity index (χ4v) is 1.90. The molecule has 2 aromatic rings. The van der Waals surface area contributed by atoms with Gasteiger partial charge in [-0.15, -0.1) is 0 Å². The monoisotopic (exact) mass is 246 g/mol. The van der Waals surface area contributed by atoms with Crippen LogP contribution in [0.4, 0.5) is 0 Å². The zero-order chi connectivity index (χ0) is 12.8. The van der Waals surface area contributed by atoms with Gasteiger partial charge in [0.1, 0.15) is 17.4 Å². The Morgan fingerprint density at radius 3 is 2.89 bits per heavy atom. The highest BCUT2D eigenvalue weighted by molar-refractivity contribution is 5.84. The molecular formula is C14H18N2O2. The van der Waals surface area contributed by atoms with Crippen LogP contribution in [0.15, 0.2) is 36.5 Å². The van der Waals surface area contributed by atoms with Gasteiger partial charge >= 0.3 is 0 Å². The predicted octanol–water partition coefficient (Wildman–Crippen LogP) is 1.85. The minimum Gasteiger partial charge on any atom is -0.484 e. The van der Waals surface area contributed by atoms with Gasteiger partial charge in [-0.05, 0) is 19.2 Å². The Kier molecular flexibility index (Phi) is 4.50. The van der Waals surface area contributed by atoms with E-state index in [0.29, 0.717) is 6.61 Å². The SMILES string of the molecule is CNCC(COC)Oc1cccc2cccnc12. The van der Waals surface area contributed by atoms with E-state index in [1.807, 2.05) is 37.4 Å². The minimum absolute atomic E-state index is 0.0207. The van der Waals surface area contributed by atoms with Crippen LogP contribution in [0.3, 0.4) is 0 Å². The fourth-order valence-electron chi connectivity index (χ4n) is 1.90. The van der Waals surface area contributed by atoms with Crippen LogP contribution in [0.25, 0.3) is 10.9 Å². The lowest BCUT2D eigenvalue weighted by molar-refractivity contribution is 0.0827. The maximum atomic E-state index is 5.96. The molecule has 18 heavy (non-hydrogen) atoms. The van der Waals surface area contributed by atoms with Crippen LogP contribution in [-0.4, -0.2) is 38.4 Å². The number of rotatable bonds is 6. The lowest BCUT2D eigenvalue weighted by Crippen LogP contribution is -2.33. The third-order valence-electron chi connectivity index (χ3n) is 2.67. The molecule has 0 aliphatic carbocycles. The van der Waals surface area contributed by atoms with E-state index in [1.165, 1.54) is 0 Å². The van der Waals surface area contributed by atoms with Gasteiger partial charge < -0.3 is 14.8 Å². The lowest BCUT2D eigenvalue weighted by Gasteiger charge is -2.18. The highest BCUT2D eigenvalue weighted by atomic mass is 16.5. The molecule has 1 heterocycles. The molecule has 1 aromatic heterocycles. The van der Waals surface area contributed by atoms with E-state index in [4.69, 9.17) is 9.47 Å². The van der Waals surface area contributed by atoms with E-state index in [0.717, 1.165) is 23.2 Å². The van der Waals surface area contributed by atoms with Crippen molar-refractivity contribution in [2.24, 2.45) is 0 Å². The van der Waals surface area contributed by atoms with Crippen LogP contribution in [0, 0.1) is 0 Å². The van der Waals surface area contributed by atoms with Crippen LogP contribution in [0.5, 0.6) is 5.75 Å². The molecule has 96 valence electrons. The number of benzene rings is 1. The summed E-state index contributed by atoms with van der Waals surface area (Å²) < 4.78 is 11.1. The van der Waals surface area contributed by atoms with Crippen molar-refractivity contribution in [3.05, 3.63) is 36.5 Å². The average Bonchev–Trinajstić information content (AvgIpc) is 2.40. The van der Waals surface area contributed by atoms with Crippen molar-refractivity contribution in [1.29, 1.82) is 0 Å². The molecule has 0 bridgehead atoms. The number of para-hydroxylation sites is 1. The number of hydrogen-bond donors (Lipinski definition) is 1. The van der Waals surface area contributed by atoms with Crippen LogP contribution in [0.2, 0.25) is 0 Å². The van der Waals surface area contributed by atoms with Crippen LogP contribution in [0.1, 0.15) is 0 Å². The van der Waals surface area contributed by atoms with E-state index in [9.17, 15) is 0 Å². The standard InChI is InChI=1S/C14H18N2O2/c1-15-9-12(10-17-2)18-13-7-3-5-11-6-4-8-16-14(11)13/h3-8,12,15H,9-10H2,1-2H3. The number of methoxy groups -OCH3 is 1. The number of nitrogens with one attached hydrogen (secondary N) is 1. The number of hydrogen-bond acceptors (Lipinski definition) is 4. The molecule has 0 aliphatic rings. The Morgan fingerprint density at radius 2 is 2.11 bits per heavy atom. The second-order valence-electron chi connectivity index (χ2n) is 4.08. The lowest BCUT2D eigenvalue weighted by atomic mass is 10.2. The highest BCUT2D eigenvalue weighted by Crippen LogP contribution is 2.23. The number of likely N-dealkylation sites (N-methyl/N-ethyl adjacent to an activating group) is 1. The van der Waals surface area contributed by atoms with Crippen LogP contribution in [-0.2, 0) is 4.74 Å². The molecule has 0 radical (unpaired) electrons.